The van der Waals surface area contributed by atoms with Crippen LogP contribution in [0.3, 0.4) is 0 Å². The van der Waals surface area contributed by atoms with Gasteiger partial charge in [-0.25, -0.2) is 18.6 Å². The molecule has 1 heterocycles. The van der Waals surface area contributed by atoms with Gasteiger partial charge in [-0.15, -0.1) is 0 Å². The first kappa shape index (κ1) is 34.4. The maximum absolute atomic E-state index is 13.8. The highest BCUT2D eigenvalue weighted by atomic mass is 19.1. The van der Waals surface area contributed by atoms with E-state index >= 15 is 0 Å². The second kappa shape index (κ2) is 17.2. The molecule has 0 radical (unpaired) electrons. The number of allylic oxidation sites excluding steroid dienone is 1. The molecule has 1 aromatic rings. The zero-order valence-corrected chi connectivity index (χ0v) is 24.6. The maximum atomic E-state index is 13.8. The summed E-state index contributed by atoms with van der Waals surface area (Å²) in [4.78, 5) is 55.5. The summed E-state index contributed by atoms with van der Waals surface area (Å²) in [7, 11) is 2.70. The Morgan fingerprint density at radius 1 is 1.12 bits per heavy atom. The number of hydrogen-bond donors (Lipinski definition) is 1. The molecule has 1 aliphatic rings. The number of carbonyl (C=O) groups is 4. The summed E-state index contributed by atoms with van der Waals surface area (Å²) in [5, 5.41) is 2.42. The molecule has 2 rings (SSSR count). The van der Waals surface area contributed by atoms with Gasteiger partial charge < -0.3 is 24.4 Å². The Labute approximate surface area is 244 Å². The van der Waals surface area contributed by atoms with E-state index in [-0.39, 0.29) is 23.8 Å². The largest absolute Gasteiger partial charge is 0.463 e. The molecule has 0 spiro atoms. The molecule has 1 fully saturated rings. The number of nitrogens with one attached hydrogen (secondary N) is 1. The van der Waals surface area contributed by atoms with Crippen molar-refractivity contribution < 1.29 is 42.2 Å². The van der Waals surface area contributed by atoms with E-state index in [4.69, 9.17) is 14.2 Å². The lowest BCUT2D eigenvalue weighted by atomic mass is 10.1. The van der Waals surface area contributed by atoms with Crippen molar-refractivity contribution in [3.63, 3.8) is 0 Å². The molecule has 2 unspecified atom stereocenters. The van der Waals surface area contributed by atoms with E-state index in [0.717, 1.165) is 30.8 Å². The smallest absolute Gasteiger partial charge is 0.328 e. The first-order chi connectivity index (χ1) is 19.9. The Morgan fingerprint density at radius 3 is 2.38 bits per heavy atom. The van der Waals surface area contributed by atoms with E-state index in [1.165, 1.54) is 32.1 Å². The molecule has 0 aliphatic carbocycles. The number of methoxy groups -OCH3 is 2. The van der Waals surface area contributed by atoms with Crippen molar-refractivity contribution in [2.24, 2.45) is 16.8 Å². The van der Waals surface area contributed by atoms with Crippen molar-refractivity contribution in [1.82, 2.24) is 10.2 Å². The van der Waals surface area contributed by atoms with Crippen molar-refractivity contribution in [3.05, 3.63) is 53.2 Å². The monoisotopic (exact) mass is 591 g/mol. The number of rotatable bonds is 14. The Bertz CT molecular complexity index is 1180. The molecular weight excluding hydrogens is 552 g/mol. The lowest BCUT2D eigenvalue weighted by Crippen LogP contribution is -2.41. The van der Waals surface area contributed by atoms with Gasteiger partial charge in [0.25, 0.3) is 5.91 Å². The summed E-state index contributed by atoms with van der Waals surface area (Å²) in [6.07, 6.45) is 6.84. The lowest BCUT2D eigenvalue weighted by Gasteiger charge is -2.24. The summed E-state index contributed by atoms with van der Waals surface area (Å²) in [5.74, 6) is -4.58. The van der Waals surface area contributed by atoms with Gasteiger partial charge in [-0.2, -0.15) is 0 Å². The summed E-state index contributed by atoms with van der Waals surface area (Å²) >= 11 is 0. The minimum Gasteiger partial charge on any atom is -0.463 e. The van der Waals surface area contributed by atoms with Gasteiger partial charge in [-0.05, 0) is 61.4 Å². The summed E-state index contributed by atoms with van der Waals surface area (Å²) < 4.78 is 43.6. The van der Waals surface area contributed by atoms with Crippen LogP contribution in [0.5, 0.6) is 0 Å². The van der Waals surface area contributed by atoms with Crippen LogP contribution in [0.15, 0.2) is 41.0 Å². The number of benzene rings is 1. The highest BCUT2D eigenvalue weighted by molar-refractivity contribution is 6.06. The predicted octanol–water partition coefficient (Wildman–Crippen LogP) is 3.80. The van der Waals surface area contributed by atoms with Gasteiger partial charge in [0.2, 0.25) is 11.8 Å². The van der Waals surface area contributed by atoms with Crippen LogP contribution in [0.2, 0.25) is 0 Å². The van der Waals surface area contributed by atoms with Crippen LogP contribution in [0.1, 0.15) is 52.0 Å². The average molecular weight is 592 g/mol. The quantitative estimate of drug-likeness (QED) is 0.151. The first-order valence-corrected chi connectivity index (χ1v) is 13.7. The van der Waals surface area contributed by atoms with E-state index in [1.54, 1.807) is 6.08 Å². The minimum absolute atomic E-state index is 0.0149. The summed E-state index contributed by atoms with van der Waals surface area (Å²) in [6, 6.07) is 1.95. The van der Waals surface area contributed by atoms with Gasteiger partial charge in [-0.1, -0.05) is 19.9 Å². The minimum atomic E-state index is -0.968. The van der Waals surface area contributed by atoms with Crippen molar-refractivity contribution in [2.75, 3.05) is 27.4 Å². The SMILES string of the molecule is COC(OC)C(C=NC(=O)/C(=C\c1cc(F)cc(F)c1)NC(=O)/C=C/CCC(C)C)COC(=O)C1CCCN1C(C)=O. The molecule has 10 nitrogen and oxygen atoms in total. The van der Waals surface area contributed by atoms with Crippen LogP contribution in [-0.2, 0) is 33.4 Å². The molecule has 3 amide bonds. The van der Waals surface area contributed by atoms with Crippen LogP contribution < -0.4 is 5.32 Å². The van der Waals surface area contributed by atoms with Gasteiger partial charge in [0, 0.05) is 40.0 Å². The van der Waals surface area contributed by atoms with Gasteiger partial charge in [0.05, 0.1) is 5.92 Å². The fourth-order valence-electron chi connectivity index (χ4n) is 4.30. The Hall–Kier alpha value is -3.77. The van der Waals surface area contributed by atoms with Crippen LogP contribution >= 0.6 is 0 Å². The van der Waals surface area contributed by atoms with Crippen molar-refractivity contribution in [3.8, 4) is 0 Å². The number of hydrogen-bond acceptors (Lipinski definition) is 7. The zero-order chi connectivity index (χ0) is 31.2. The number of ether oxygens (including phenoxy) is 3. The Morgan fingerprint density at radius 2 is 1.79 bits per heavy atom. The van der Waals surface area contributed by atoms with E-state index < -0.39 is 47.7 Å². The van der Waals surface area contributed by atoms with Crippen LogP contribution in [0.4, 0.5) is 8.78 Å². The molecule has 1 aromatic carbocycles. The molecule has 1 saturated heterocycles. The molecule has 1 aliphatic heterocycles. The number of esters is 1. The molecule has 0 saturated carbocycles. The number of carbonyl (C=O) groups excluding carboxylic acids is 4. The third kappa shape index (κ3) is 11.2. The molecule has 1 N–H and O–H groups in total. The Balaban J connectivity index is 2.26. The second-order valence-electron chi connectivity index (χ2n) is 10.2. The molecule has 2 atom stereocenters. The van der Waals surface area contributed by atoms with Crippen molar-refractivity contribution in [1.29, 1.82) is 0 Å². The molecule has 230 valence electrons. The maximum Gasteiger partial charge on any atom is 0.328 e. The van der Waals surface area contributed by atoms with Crippen molar-refractivity contribution in [2.45, 2.75) is 58.8 Å². The van der Waals surface area contributed by atoms with E-state index in [0.29, 0.717) is 37.8 Å². The number of likely N-dealkylation sites (tertiary alicyclic amines) is 1. The lowest BCUT2D eigenvalue weighted by molar-refractivity contribution is -0.161. The molecule has 42 heavy (non-hydrogen) atoms. The average Bonchev–Trinajstić information content (AvgIpc) is 3.42. The standard InChI is InChI=1S/C30H39F2N3O7/c1-19(2)9-6-7-11-27(37)34-25(15-21-13-23(31)16-24(32)14-21)28(38)33-17-22(30(40-4)41-5)18-42-29(39)26-10-8-12-35(26)20(3)36/h7,11,13-17,19,22,26,30H,6,8-10,12,18H2,1-5H3,(H,34,37)/b11-7+,25-15+,33-17?. The van der Waals surface area contributed by atoms with Crippen LogP contribution in [0.25, 0.3) is 6.08 Å². The molecule has 0 aromatic heterocycles. The van der Waals surface area contributed by atoms with Gasteiger partial charge in [-0.3, -0.25) is 14.4 Å². The zero-order valence-electron chi connectivity index (χ0n) is 24.6. The Kier molecular flexibility index (Phi) is 14.1. The molecule has 12 heteroatoms. The van der Waals surface area contributed by atoms with E-state index in [1.807, 2.05) is 13.8 Å². The van der Waals surface area contributed by atoms with Crippen LogP contribution in [-0.4, -0.2) is 74.5 Å². The molecule has 0 bridgehead atoms. The highest BCUT2D eigenvalue weighted by Gasteiger charge is 2.34. The summed E-state index contributed by atoms with van der Waals surface area (Å²) in [5.41, 5.74) is -0.362. The van der Waals surface area contributed by atoms with E-state index in [9.17, 15) is 28.0 Å². The van der Waals surface area contributed by atoms with Crippen LogP contribution in [0, 0.1) is 23.5 Å². The normalized spacial score (nSPS) is 16.5. The third-order valence-corrected chi connectivity index (χ3v) is 6.41. The van der Waals surface area contributed by atoms with Crippen molar-refractivity contribution >= 4 is 36.0 Å². The number of halogens is 2. The van der Waals surface area contributed by atoms with Gasteiger partial charge >= 0.3 is 5.97 Å². The third-order valence-electron chi connectivity index (χ3n) is 6.41. The fraction of sp³-hybridized carbons (Fsp3) is 0.500. The topological polar surface area (TPSA) is 124 Å². The molecular formula is C30H39F2N3O7. The number of nitrogens with zero attached hydrogens (tertiary/aromatic N) is 2. The summed E-state index contributed by atoms with van der Waals surface area (Å²) in [6.45, 7) is 5.64. The number of aliphatic imine (C=N–C) groups is 1. The number of amides is 3. The first-order valence-electron chi connectivity index (χ1n) is 13.7. The van der Waals surface area contributed by atoms with E-state index in [2.05, 4.69) is 10.3 Å². The fourth-order valence-corrected chi connectivity index (χ4v) is 4.30. The predicted molar refractivity (Wildman–Crippen MR) is 152 cm³/mol. The van der Waals surface area contributed by atoms with Gasteiger partial charge in [0.15, 0.2) is 6.29 Å². The van der Waals surface area contributed by atoms with Gasteiger partial charge in [0.1, 0.15) is 30.0 Å². The highest BCUT2D eigenvalue weighted by Crippen LogP contribution is 2.19. The second-order valence-corrected chi connectivity index (χ2v) is 10.2.